The molecule has 1 saturated carbocycles. The summed E-state index contributed by atoms with van der Waals surface area (Å²) >= 11 is 0. The Morgan fingerprint density at radius 2 is 1.47 bits per heavy atom. The van der Waals surface area contributed by atoms with Crippen LogP contribution in [0.15, 0.2) is 35.9 Å². The maximum absolute atomic E-state index is 13.4. The van der Waals surface area contributed by atoms with Gasteiger partial charge in [0.2, 0.25) is 23.6 Å². The van der Waals surface area contributed by atoms with Gasteiger partial charge in [-0.3, -0.25) is 29.0 Å². The fraction of sp³-hybridized carbons (Fsp3) is 0.538. The number of aliphatic hydroxyl groups is 1. The minimum absolute atomic E-state index is 0.0871. The topological polar surface area (TPSA) is 104 Å². The molecule has 2 aliphatic heterocycles. The lowest BCUT2D eigenvalue weighted by molar-refractivity contribution is -0.141. The number of benzene rings is 1. The summed E-state index contributed by atoms with van der Waals surface area (Å²) in [4.78, 5) is 55.5. The van der Waals surface area contributed by atoms with Gasteiger partial charge in [-0.25, -0.2) is 0 Å². The zero-order chi connectivity index (χ0) is 24.1. The predicted molar refractivity (Wildman–Crippen MR) is 121 cm³/mol. The van der Waals surface area contributed by atoms with Crippen LogP contribution in [-0.2, 0) is 19.2 Å². The molecule has 5 rings (SSSR count). The van der Waals surface area contributed by atoms with E-state index in [4.69, 9.17) is 9.84 Å². The first-order valence-electron chi connectivity index (χ1n) is 12.2. The molecule has 2 heterocycles. The van der Waals surface area contributed by atoms with Gasteiger partial charge in [0.05, 0.1) is 30.3 Å². The number of likely N-dealkylation sites (tertiary alicyclic amines) is 2. The molecule has 34 heavy (non-hydrogen) atoms. The number of rotatable bonds is 6. The molecule has 2 aliphatic carbocycles. The highest BCUT2D eigenvalue weighted by Gasteiger charge is 2.61. The van der Waals surface area contributed by atoms with Crippen LogP contribution in [0.3, 0.4) is 0 Å². The number of ether oxygens (including phenoxy) is 1. The molecule has 1 aromatic carbocycles. The van der Waals surface area contributed by atoms with Gasteiger partial charge in [-0.05, 0) is 50.3 Å². The van der Waals surface area contributed by atoms with Crippen LogP contribution in [-0.4, -0.2) is 64.8 Å². The summed E-state index contributed by atoms with van der Waals surface area (Å²) in [6, 6.07) is 7.40. The Kier molecular flexibility index (Phi) is 5.80. The Labute approximate surface area is 198 Å². The number of imide groups is 2. The van der Waals surface area contributed by atoms with Gasteiger partial charge >= 0.3 is 0 Å². The van der Waals surface area contributed by atoms with Gasteiger partial charge in [0.1, 0.15) is 12.4 Å². The molecule has 1 N–H and O–H groups in total. The fourth-order valence-electron chi connectivity index (χ4n) is 6.65. The number of hydrogen-bond acceptors (Lipinski definition) is 6. The molecular weight excluding hydrogens is 436 g/mol. The highest BCUT2D eigenvalue weighted by molar-refractivity contribution is 6.07. The van der Waals surface area contributed by atoms with Gasteiger partial charge in [0.15, 0.2) is 0 Å². The molecule has 2 saturated heterocycles. The highest BCUT2D eigenvalue weighted by atomic mass is 16.5. The van der Waals surface area contributed by atoms with Crippen molar-refractivity contribution in [1.29, 1.82) is 0 Å². The molecular formula is C26H30N2O6. The lowest BCUT2D eigenvalue weighted by Crippen LogP contribution is -2.43. The van der Waals surface area contributed by atoms with E-state index in [0.717, 1.165) is 11.1 Å². The molecule has 4 aliphatic rings. The Balaban J connectivity index is 1.58. The number of aliphatic hydroxyl groups excluding tert-OH is 1. The lowest BCUT2D eigenvalue weighted by atomic mass is 9.57. The van der Waals surface area contributed by atoms with Gasteiger partial charge in [-0.15, -0.1) is 0 Å². The zero-order valence-electron chi connectivity index (χ0n) is 19.5. The molecule has 6 unspecified atom stereocenters. The van der Waals surface area contributed by atoms with Gasteiger partial charge in [-0.1, -0.05) is 23.8 Å². The smallest absolute Gasteiger partial charge is 0.234 e. The van der Waals surface area contributed by atoms with Gasteiger partial charge < -0.3 is 9.84 Å². The van der Waals surface area contributed by atoms with Crippen LogP contribution < -0.4 is 4.74 Å². The standard InChI is InChI=1S/C26H30N2O6/c1-3-27-23(30)17-10-9-16-18(21(17)25(27)32)13-19-22(26(33)28(4-2)24(19)31)20(16)14-5-7-15(8-6-14)34-12-11-29/h5-9,17-22,29H,3-4,10-13H2,1-2H3. The molecule has 0 bridgehead atoms. The Bertz CT molecular complexity index is 1060. The molecule has 1 aromatic rings. The SMILES string of the molecule is CCN1C(=O)C2CC=C3C(CC4C(=O)N(CC)C(=O)C4C3c3ccc(OCCO)cc3)C2C1=O. The number of nitrogens with zero attached hydrogens (tertiary/aromatic N) is 2. The van der Waals surface area contributed by atoms with E-state index in [1.54, 1.807) is 26.0 Å². The quantitative estimate of drug-likeness (QED) is 0.506. The first-order chi connectivity index (χ1) is 16.4. The second kappa shape index (κ2) is 8.65. The number of carbonyl (C=O) groups excluding carboxylic acids is 4. The number of hydrogen-bond donors (Lipinski definition) is 1. The Morgan fingerprint density at radius 1 is 0.853 bits per heavy atom. The first kappa shape index (κ1) is 22.8. The van der Waals surface area contributed by atoms with Crippen molar-refractivity contribution in [2.75, 3.05) is 26.3 Å². The molecule has 0 spiro atoms. The van der Waals surface area contributed by atoms with E-state index in [9.17, 15) is 19.2 Å². The van der Waals surface area contributed by atoms with Crippen molar-refractivity contribution in [3.05, 3.63) is 41.5 Å². The molecule has 0 aromatic heterocycles. The van der Waals surface area contributed by atoms with E-state index in [-0.39, 0.29) is 54.6 Å². The summed E-state index contributed by atoms with van der Waals surface area (Å²) in [7, 11) is 0. The van der Waals surface area contributed by atoms with Crippen LogP contribution in [0.4, 0.5) is 0 Å². The molecule has 8 heteroatoms. The van der Waals surface area contributed by atoms with E-state index in [0.29, 0.717) is 31.7 Å². The maximum Gasteiger partial charge on any atom is 0.234 e. The molecule has 6 atom stereocenters. The Hall–Kier alpha value is -3.00. The third kappa shape index (κ3) is 3.22. The summed E-state index contributed by atoms with van der Waals surface area (Å²) in [5.41, 5.74) is 1.90. The van der Waals surface area contributed by atoms with E-state index >= 15 is 0 Å². The van der Waals surface area contributed by atoms with Gasteiger partial charge in [0, 0.05) is 19.0 Å². The summed E-state index contributed by atoms with van der Waals surface area (Å²) in [5.74, 6) is -2.43. The van der Waals surface area contributed by atoms with Crippen LogP contribution in [0.5, 0.6) is 5.75 Å². The summed E-state index contributed by atoms with van der Waals surface area (Å²) in [6.07, 6.45) is 2.95. The van der Waals surface area contributed by atoms with E-state index in [1.165, 1.54) is 9.80 Å². The molecule has 3 fully saturated rings. The summed E-state index contributed by atoms with van der Waals surface area (Å²) < 4.78 is 5.49. The minimum Gasteiger partial charge on any atom is -0.491 e. The number of carbonyl (C=O) groups is 4. The third-order valence-electron chi connectivity index (χ3n) is 8.06. The molecule has 4 amide bonds. The monoisotopic (exact) mass is 466 g/mol. The molecule has 0 radical (unpaired) electrons. The fourth-order valence-corrected chi connectivity index (χ4v) is 6.65. The molecule has 8 nitrogen and oxygen atoms in total. The Morgan fingerprint density at radius 3 is 2.09 bits per heavy atom. The lowest BCUT2D eigenvalue weighted by Gasteiger charge is -2.44. The summed E-state index contributed by atoms with van der Waals surface area (Å²) in [5, 5.41) is 9.01. The van der Waals surface area contributed by atoms with Gasteiger partial charge in [-0.2, -0.15) is 0 Å². The molecule has 180 valence electrons. The normalized spacial score (nSPS) is 32.5. The predicted octanol–water partition coefficient (Wildman–Crippen LogP) is 1.73. The maximum atomic E-state index is 13.4. The summed E-state index contributed by atoms with van der Waals surface area (Å²) in [6.45, 7) is 4.37. The minimum atomic E-state index is -0.509. The highest BCUT2D eigenvalue weighted by Crippen LogP contribution is 2.57. The van der Waals surface area contributed by atoms with Crippen molar-refractivity contribution in [3.8, 4) is 5.75 Å². The van der Waals surface area contributed by atoms with Crippen molar-refractivity contribution in [3.63, 3.8) is 0 Å². The van der Waals surface area contributed by atoms with Crippen molar-refractivity contribution < 1.29 is 29.0 Å². The van der Waals surface area contributed by atoms with Crippen LogP contribution in [0, 0.1) is 29.6 Å². The van der Waals surface area contributed by atoms with Crippen LogP contribution >= 0.6 is 0 Å². The largest absolute Gasteiger partial charge is 0.491 e. The third-order valence-corrected chi connectivity index (χ3v) is 8.06. The number of amides is 4. The van der Waals surface area contributed by atoms with Crippen LogP contribution in [0.25, 0.3) is 0 Å². The van der Waals surface area contributed by atoms with E-state index < -0.39 is 17.8 Å². The van der Waals surface area contributed by atoms with E-state index in [2.05, 4.69) is 6.08 Å². The van der Waals surface area contributed by atoms with Crippen molar-refractivity contribution >= 4 is 23.6 Å². The first-order valence-corrected chi connectivity index (χ1v) is 12.2. The van der Waals surface area contributed by atoms with E-state index in [1.807, 2.05) is 12.1 Å². The van der Waals surface area contributed by atoms with Crippen molar-refractivity contribution in [2.24, 2.45) is 29.6 Å². The number of fused-ring (bicyclic) bond motifs is 4. The van der Waals surface area contributed by atoms with Crippen LogP contribution in [0.2, 0.25) is 0 Å². The number of allylic oxidation sites excluding steroid dienone is 2. The second-order valence-electron chi connectivity index (χ2n) is 9.51. The second-order valence-corrected chi connectivity index (χ2v) is 9.51. The van der Waals surface area contributed by atoms with Crippen LogP contribution in [0.1, 0.15) is 38.2 Å². The van der Waals surface area contributed by atoms with Gasteiger partial charge in [0.25, 0.3) is 0 Å². The average molecular weight is 467 g/mol. The van der Waals surface area contributed by atoms with Crippen molar-refractivity contribution in [2.45, 2.75) is 32.6 Å². The average Bonchev–Trinajstić information content (AvgIpc) is 3.25. The van der Waals surface area contributed by atoms with Crippen molar-refractivity contribution in [1.82, 2.24) is 9.80 Å². The zero-order valence-corrected chi connectivity index (χ0v) is 19.5.